The highest BCUT2D eigenvalue weighted by atomic mass is 35.5. The third-order valence-corrected chi connectivity index (χ3v) is 6.19. The highest BCUT2D eigenvalue weighted by Crippen LogP contribution is 2.37. The molecule has 0 amide bonds. The summed E-state index contributed by atoms with van der Waals surface area (Å²) in [4.78, 5) is 27.8. The topological polar surface area (TPSA) is 112 Å². The zero-order valence-corrected chi connectivity index (χ0v) is 19.4. The van der Waals surface area contributed by atoms with Gasteiger partial charge in [0.15, 0.2) is 0 Å². The third kappa shape index (κ3) is 4.86. The minimum Gasteiger partial charge on any atom is -0.463 e. The maximum absolute atomic E-state index is 12.8. The van der Waals surface area contributed by atoms with Crippen molar-refractivity contribution in [2.24, 2.45) is 0 Å². The van der Waals surface area contributed by atoms with E-state index in [9.17, 15) is 14.9 Å². The quantitative estimate of drug-likeness (QED) is 0.216. The molecule has 33 heavy (non-hydrogen) atoms. The number of nitrogens with zero attached hydrogens (tertiary/aromatic N) is 4. The lowest BCUT2D eigenvalue weighted by molar-refractivity contribution is -0.384. The summed E-state index contributed by atoms with van der Waals surface area (Å²) in [5, 5.41) is 19.7. The standard InChI is InChI=1S/C22H20ClN5O4S/c1-3-32-20(29)18-13(2)24-21-25-22(33-12-14-4-10-17(11-5-14)28(30)31)26-27(21)19(18)15-6-8-16(23)9-7-15/h4-11,19H,3,12H2,1-2H3,(H,24,25,26)/t19-/m1/s1. The molecule has 0 saturated heterocycles. The summed E-state index contributed by atoms with van der Waals surface area (Å²) in [6.45, 7) is 3.82. The fourth-order valence-corrected chi connectivity index (χ4v) is 4.39. The number of ether oxygens (including phenoxy) is 1. The first-order valence-corrected chi connectivity index (χ1v) is 11.5. The van der Waals surface area contributed by atoms with Gasteiger partial charge in [0.25, 0.3) is 5.69 Å². The number of hydrogen-bond acceptors (Lipinski definition) is 8. The molecule has 0 saturated carbocycles. The fourth-order valence-electron chi connectivity index (χ4n) is 3.48. The number of carbonyl (C=O) groups is 1. The van der Waals surface area contributed by atoms with Crippen LogP contribution in [0.2, 0.25) is 5.02 Å². The van der Waals surface area contributed by atoms with Crippen LogP contribution in [0.3, 0.4) is 0 Å². The molecule has 4 rings (SSSR count). The van der Waals surface area contributed by atoms with E-state index in [1.54, 1.807) is 42.8 Å². The van der Waals surface area contributed by atoms with Crippen molar-refractivity contribution in [3.8, 4) is 0 Å². The predicted octanol–water partition coefficient (Wildman–Crippen LogP) is 4.98. The van der Waals surface area contributed by atoms with Gasteiger partial charge in [-0.1, -0.05) is 47.6 Å². The van der Waals surface area contributed by atoms with Crippen LogP contribution in [-0.4, -0.2) is 32.3 Å². The molecule has 0 fully saturated rings. The highest BCUT2D eigenvalue weighted by molar-refractivity contribution is 7.98. The number of aromatic nitrogens is 3. The van der Waals surface area contributed by atoms with E-state index in [-0.39, 0.29) is 12.3 Å². The van der Waals surface area contributed by atoms with E-state index in [1.165, 1.54) is 23.9 Å². The van der Waals surface area contributed by atoms with Crippen molar-refractivity contribution in [2.45, 2.75) is 30.8 Å². The zero-order valence-electron chi connectivity index (χ0n) is 17.8. The van der Waals surface area contributed by atoms with Crippen LogP contribution in [0.4, 0.5) is 11.6 Å². The maximum Gasteiger partial charge on any atom is 0.338 e. The molecule has 1 aromatic heterocycles. The normalized spacial score (nSPS) is 15.1. The van der Waals surface area contributed by atoms with Gasteiger partial charge in [0.1, 0.15) is 6.04 Å². The first kappa shape index (κ1) is 22.8. The minimum atomic E-state index is -0.529. The van der Waals surface area contributed by atoms with Gasteiger partial charge in [-0.15, -0.1) is 5.10 Å². The van der Waals surface area contributed by atoms with Crippen LogP contribution in [0.25, 0.3) is 0 Å². The van der Waals surface area contributed by atoms with Crippen molar-refractivity contribution in [3.05, 3.63) is 86.1 Å². The molecule has 9 nitrogen and oxygen atoms in total. The number of hydrogen-bond donors (Lipinski definition) is 1. The second-order valence-corrected chi connectivity index (χ2v) is 8.59. The van der Waals surface area contributed by atoms with Crippen LogP contribution >= 0.6 is 23.4 Å². The van der Waals surface area contributed by atoms with Crippen LogP contribution in [0.15, 0.2) is 65.0 Å². The molecule has 1 N–H and O–H groups in total. The van der Waals surface area contributed by atoms with Crippen LogP contribution < -0.4 is 5.32 Å². The summed E-state index contributed by atoms with van der Waals surface area (Å²) in [6.07, 6.45) is 0. The molecule has 3 aromatic rings. The van der Waals surface area contributed by atoms with Crippen molar-refractivity contribution in [1.82, 2.24) is 14.8 Å². The number of carbonyl (C=O) groups excluding carboxylic acids is 1. The van der Waals surface area contributed by atoms with Gasteiger partial charge in [-0.05, 0) is 37.1 Å². The van der Waals surface area contributed by atoms with Crippen molar-refractivity contribution >= 4 is 41.0 Å². The van der Waals surface area contributed by atoms with E-state index in [0.717, 1.165) is 11.1 Å². The third-order valence-electron chi connectivity index (χ3n) is 5.03. The van der Waals surface area contributed by atoms with Gasteiger partial charge >= 0.3 is 5.97 Å². The Bertz CT molecular complexity index is 1220. The molecular weight excluding hydrogens is 466 g/mol. The van der Waals surface area contributed by atoms with E-state index in [0.29, 0.717) is 33.2 Å². The molecule has 1 atom stereocenters. The van der Waals surface area contributed by atoms with Crippen LogP contribution in [-0.2, 0) is 15.3 Å². The Labute approximate surface area is 199 Å². The summed E-state index contributed by atoms with van der Waals surface area (Å²) >= 11 is 7.46. The van der Waals surface area contributed by atoms with Gasteiger partial charge in [-0.3, -0.25) is 10.1 Å². The lowest BCUT2D eigenvalue weighted by Gasteiger charge is -2.28. The van der Waals surface area contributed by atoms with Crippen LogP contribution in [0.1, 0.15) is 31.0 Å². The number of esters is 1. The second-order valence-electron chi connectivity index (χ2n) is 7.21. The molecule has 2 aromatic carbocycles. The van der Waals surface area contributed by atoms with Crippen molar-refractivity contribution in [1.29, 1.82) is 0 Å². The summed E-state index contributed by atoms with van der Waals surface area (Å²) in [6, 6.07) is 13.0. The zero-order chi connectivity index (χ0) is 23.5. The van der Waals surface area contributed by atoms with Crippen LogP contribution in [0, 0.1) is 10.1 Å². The van der Waals surface area contributed by atoms with E-state index >= 15 is 0 Å². The Morgan fingerprint density at radius 1 is 1.24 bits per heavy atom. The Morgan fingerprint density at radius 2 is 1.94 bits per heavy atom. The SMILES string of the molecule is CCOC(=O)C1=C(C)Nc2nc(SCc3ccc([N+](=O)[O-])cc3)nn2[C@@H]1c1ccc(Cl)cc1. The first-order valence-electron chi connectivity index (χ1n) is 10.1. The van der Waals surface area contributed by atoms with E-state index < -0.39 is 16.9 Å². The van der Waals surface area contributed by atoms with Crippen molar-refractivity contribution in [2.75, 3.05) is 11.9 Å². The second kappa shape index (κ2) is 9.63. The Morgan fingerprint density at radius 3 is 2.58 bits per heavy atom. The lowest BCUT2D eigenvalue weighted by Crippen LogP contribution is -2.29. The molecule has 170 valence electrons. The van der Waals surface area contributed by atoms with E-state index in [4.69, 9.17) is 16.3 Å². The number of halogens is 1. The molecular formula is C22H20ClN5O4S. The average Bonchev–Trinajstić information content (AvgIpc) is 3.20. The fraction of sp³-hybridized carbons (Fsp3) is 0.227. The molecule has 11 heteroatoms. The van der Waals surface area contributed by atoms with Gasteiger partial charge < -0.3 is 10.1 Å². The number of fused-ring (bicyclic) bond motifs is 1. The smallest absolute Gasteiger partial charge is 0.338 e. The van der Waals surface area contributed by atoms with Crippen molar-refractivity contribution < 1.29 is 14.5 Å². The van der Waals surface area contributed by atoms with Crippen molar-refractivity contribution in [3.63, 3.8) is 0 Å². The maximum atomic E-state index is 12.8. The Hall–Kier alpha value is -3.37. The summed E-state index contributed by atoms with van der Waals surface area (Å²) in [7, 11) is 0. The predicted molar refractivity (Wildman–Crippen MR) is 125 cm³/mol. The molecule has 1 aliphatic rings. The number of rotatable bonds is 7. The van der Waals surface area contributed by atoms with Crippen LogP contribution in [0.5, 0.6) is 0 Å². The highest BCUT2D eigenvalue weighted by Gasteiger charge is 2.35. The van der Waals surface area contributed by atoms with Gasteiger partial charge in [-0.2, -0.15) is 4.98 Å². The van der Waals surface area contributed by atoms with Gasteiger partial charge in [0.05, 0.1) is 17.1 Å². The Kier molecular flexibility index (Phi) is 6.66. The number of nitrogens with one attached hydrogen (secondary N) is 1. The van der Waals surface area contributed by atoms with Gasteiger partial charge in [0, 0.05) is 28.6 Å². The van der Waals surface area contributed by atoms with E-state index in [1.807, 2.05) is 12.1 Å². The lowest BCUT2D eigenvalue weighted by atomic mass is 9.96. The number of allylic oxidation sites excluding steroid dienone is 1. The minimum absolute atomic E-state index is 0.0439. The molecule has 2 heterocycles. The summed E-state index contributed by atoms with van der Waals surface area (Å²) in [5.41, 5.74) is 2.86. The average molecular weight is 486 g/mol. The number of non-ortho nitro benzene ring substituents is 1. The van der Waals surface area contributed by atoms with Gasteiger partial charge in [0.2, 0.25) is 11.1 Å². The first-order chi connectivity index (χ1) is 15.9. The molecule has 1 aliphatic heterocycles. The largest absolute Gasteiger partial charge is 0.463 e. The number of nitro groups is 1. The number of nitro benzene ring substituents is 1. The Balaban J connectivity index is 1.63. The molecule has 0 aliphatic carbocycles. The number of benzene rings is 2. The number of anilines is 1. The summed E-state index contributed by atoms with van der Waals surface area (Å²) < 4.78 is 6.97. The van der Waals surface area contributed by atoms with Gasteiger partial charge in [-0.25, -0.2) is 9.48 Å². The molecule has 0 unspecified atom stereocenters. The molecule has 0 bridgehead atoms. The van der Waals surface area contributed by atoms with E-state index in [2.05, 4.69) is 15.4 Å². The summed E-state index contributed by atoms with van der Waals surface area (Å²) in [5.74, 6) is 0.611. The molecule has 0 spiro atoms. The number of thioether (sulfide) groups is 1. The molecule has 0 radical (unpaired) electrons. The monoisotopic (exact) mass is 485 g/mol.